The predicted molar refractivity (Wildman–Crippen MR) is 104 cm³/mol. The van der Waals surface area contributed by atoms with Gasteiger partial charge in [-0.3, -0.25) is 4.79 Å². The van der Waals surface area contributed by atoms with Gasteiger partial charge in [-0.1, -0.05) is 24.3 Å². The second kappa shape index (κ2) is 6.92. The lowest BCUT2D eigenvalue weighted by Crippen LogP contribution is -2.15. The third-order valence-corrected chi connectivity index (χ3v) is 4.68. The van der Waals surface area contributed by atoms with Crippen molar-refractivity contribution in [3.63, 3.8) is 0 Å². The fraction of sp³-hybridized carbons (Fsp3) is 0.136. The lowest BCUT2D eigenvalue weighted by molar-refractivity contribution is 0.102. The Labute approximate surface area is 153 Å². The Kier molecular flexibility index (Phi) is 4.32. The molecule has 0 spiro atoms. The summed E-state index contributed by atoms with van der Waals surface area (Å²) in [5, 5.41) is 2.90. The highest BCUT2D eigenvalue weighted by molar-refractivity contribution is 6.04. The SMILES string of the molecule is COc1ccc(NC(=O)c2ccc(N3Cc4ccccc4C3)cc2)cc1. The van der Waals surface area contributed by atoms with Crippen molar-refractivity contribution in [2.24, 2.45) is 0 Å². The van der Waals surface area contributed by atoms with E-state index in [-0.39, 0.29) is 5.91 Å². The summed E-state index contributed by atoms with van der Waals surface area (Å²) >= 11 is 0. The zero-order valence-corrected chi connectivity index (χ0v) is 14.6. The highest BCUT2D eigenvalue weighted by atomic mass is 16.5. The van der Waals surface area contributed by atoms with Crippen LogP contribution in [-0.4, -0.2) is 13.0 Å². The molecule has 4 heteroatoms. The molecule has 0 saturated carbocycles. The molecule has 0 saturated heterocycles. The molecule has 3 aromatic rings. The van der Waals surface area contributed by atoms with Crippen LogP contribution in [0, 0.1) is 0 Å². The van der Waals surface area contributed by atoms with Crippen molar-refractivity contribution in [2.75, 3.05) is 17.3 Å². The topological polar surface area (TPSA) is 41.6 Å². The van der Waals surface area contributed by atoms with Crippen molar-refractivity contribution >= 4 is 17.3 Å². The number of methoxy groups -OCH3 is 1. The zero-order chi connectivity index (χ0) is 17.9. The lowest BCUT2D eigenvalue weighted by Gasteiger charge is -2.18. The number of benzene rings is 3. The second-order valence-corrected chi connectivity index (χ2v) is 6.35. The van der Waals surface area contributed by atoms with E-state index in [2.05, 4.69) is 34.5 Å². The van der Waals surface area contributed by atoms with E-state index in [1.54, 1.807) is 7.11 Å². The summed E-state index contributed by atoms with van der Waals surface area (Å²) < 4.78 is 5.13. The largest absolute Gasteiger partial charge is 0.497 e. The monoisotopic (exact) mass is 344 g/mol. The van der Waals surface area contributed by atoms with Gasteiger partial charge in [-0.15, -0.1) is 0 Å². The Morgan fingerprint density at radius 1 is 0.885 bits per heavy atom. The van der Waals surface area contributed by atoms with Crippen LogP contribution in [-0.2, 0) is 13.1 Å². The zero-order valence-electron chi connectivity index (χ0n) is 14.6. The Morgan fingerprint density at radius 3 is 2.08 bits per heavy atom. The molecule has 3 aromatic carbocycles. The molecule has 26 heavy (non-hydrogen) atoms. The van der Waals surface area contributed by atoms with Gasteiger partial charge >= 0.3 is 0 Å². The van der Waals surface area contributed by atoms with Crippen molar-refractivity contribution in [3.05, 3.63) is 89.5 Å². The van der Waals surface area contributed by atoms with E-state index in [4.69, 9.17) is 4.74 Å². The number of carbonyl (C=O) groups is 1. The van der Waals surface area contributed by atoms with Crippen molar-refractivity contribution in [1.82, 2.24) is 0 Å². The van der Waals surface area contributed by atoms with E-state index in [1.807, 2.05) is 48.5 Å². The second-order valence-electron chi connectivity index (χ2n) is 6.35. The number of hydrogen-bond acceptors (Lipinski definition) is 3. The van der Waals surface area contributed by atoms with Crippen LogP contribution in [0.2, 0.25) is 0 Å². The van der Waals surface area contributed by atoms with Gasteiger partial charge in [-0.2, -0.15) is 0 Å². The Morgan fingerprint density at radius 2 is 1.50 bits per heavy atom. The van der Waals surface area contributed by atoms with Crippen molar-refractivity contribution in [1.29, 1.82) is 0 Å². The van der Waals surface area contributed by atoms with E-state index in [9.17, 15) is 4.79 Å². The molecule has 0 aliphatic carbocycles. The van der Waals surface area contributed by atoms with Gasteiger partial charge < -0.3 is 15.0 Å². The molecule has 1 aliphatic heterocycles. The van der Waals surface area contributed by atoms with Crippen LogP contribution in [0.4, 0.5) is 11.4 Å². The summed E-state index contributed by atoms with van der Waals surface area (Å²) in [5.74, 6) is 0.644. The number of anilines is 2. The van der Waals surface area contributed by atoms with Gasteiger partial charge in [0.2, 0.25) is 0 Å². The molecule has 0 atom stereocenters. The maximum atomic E-state index is 12.4. The Hall–Kier alpha value is -3.27. The van der Waals surface area contributed by atoms with Crippen LogP contribution in [0.5, 0.6) is 5.75 Å². The lowest BCUT2D eigenvalue weighted by atomic mass is 10.1. The van der Waals surface area contributed by atoms with Gasteiger partial charge in [0.1, 0.15) is 5.75 Å². The van der Waals surface area contributed by atoms with Crippen LogP contribution in [0.3, 0.4) is 0 Å². The molecule has 1 N–H and O–H groups in total. The van der Waals surface area contributed by atoms with Crippen LogP contribution in [0.25, 0.3) is 0 Å². The minimum atomic E-state index is -0.119. The first-order chi connectivity index (χ1) is 12.7. The smallest absolute Gasteiger partial charge is 0.255 e. The van der Waals surface area contributed by atoms with Crippen molar-refractivity contribution in [2.45, 2.75) is 13.1 Å². The van der Waals surface area contributed by atoms with Gasteiger partial charge in [0.25, 0.3) is 5.91 Å². The first kappa shape index (κ1) is 16.2. The molecule has 1 amide bonds. The van der Waals surface area contributed by atoms with Crippen LogP contribution >= 0.6 is 0 Å². The predicted octanol–water partition coefficient (Wildman–Crippen LogP) is 4.47. The first-order valence-electron chi connectivity index (χ1n) is 8.60. The summed E-state index contributed by atoms with van der Waals surface area (Å²) in [6.07, 6.45) is 0. The van der Waals surface area contributed by atoms with Crippen LogP contribution < -0.4 is 15.0 Å². The van der Waals surface area contributed by atoms with Gasteiger partial charge in [-0.05, 0) is 59.7 Å². The molecular weight excluding hydrogens is 324 g/mol. The number of nitrogens with zero attached hydrogens (tertiary/aromatic N) is 1. The number of nitrogens with one attached hydrogen (secondary N) is 1. The first-order valence-corrected chi connectivity index (χ1v) is 8.60. The number of hydrogen-bond donors (Lipinski definition) is 1. The quantitative estimate of drug-likeness (QED) is 0.759. The number of amides is 1. The average Bonchev–Trinajstić information content (AvgIpc) is 3.13. The average molecular weight is 344 g/mol. The number of fused-ring (bicyclic) bond motifs is 1. The summed E-state index contributed by atoms with van der Waals surface area (Å²) in [4.78, 5) is 14.7. The standard InChI is InChI=1S/C22H20N2O2/c1-26-21-12-8-19(9-13-21)23-22(25)16-6-10-20(11-7-16)24-14-17-4-2-3-5-18(17)15-24/h2-13H,14-15H2,1H3,(H,23,25). The Bertz CT molecular complexity index is 893. The fourth-order valence-electron chi connectivity index (χ4n) is 3.22. The maximum Gasteiger partial charge on any atom is 0.255 e. The normalized spacial score (nSPS) is 12.6. The minimum absolute atomic E-state index is 0.119. The maximum absolute atomic E-state index is 12.4. The van der Waals surface area contributed by atoms with Gasteiger partial charge in [-0.25, -0.2) is 0 Å². The molecule has 4 nitrogen and oxygen atoms in total. The molecular formula is C22H20N2O2. The third-order valence-electron chi connectivity index (χ3n) is 4.68. The van der Waals surface area contributed by atoms with E-state index >= 15 is 0 Å². The van der Waals surface area contributed by atoms with Gasteiger partial charge in [0, 0.05) is 30.0 Å². The minimum Gasteiger partial charge on any atom is -0.497 e. The highest BCUT2D eigenvalue weighted by Gasteiger charge is 2.18. The number of rotatable bonds is 4. The van der Waals surface area contributed by atoms with Crippen LogP contribution in [0.1, 0.15) is 21.5 Å². The molecule has 4 rings (SSSR count). The molecule has 0 fully saturated rings. The van der Waals surface area contributed by atoms with E-state index in [1.165, 1.54) is 11.1 Å². The number of carbonyl (C=O) groups excluding carboxylic acids is 1. The van der Waals surface area contributed by atoms with E-state index in [0.29, 0.717) is 5.56 Å². The molecule has 0 radical (unpaired) electrons. The van der Waals surface area contributed by atoms with E-state index in [0.717, 1.165) is 30.2 Å². The Balaban J connectivity index is 1.43. The van der Waals surface area contributed by atoms with Crippen molar-refractivity contribution < 1.29 is 9.53 Å². The molecule has 1 heterocycles. The van der Waals surface area contributed by atoms with Gasteiger partial charge in [0.05, 0.1) is 7.11 Å². The third kappa shape index (κ3) is 3.26. The highest BCUT2D eigenvalue weighted by Crippen LogP contribution is 2.28. The molecule has 1 aliphatic rings. The fourth-order valence-corrected chi connectivity index (χ4v) is 3.22. The molecule has 0 unspecified atom stereocenters. The summed E-state index contributed by atoms with van der Waals surface area (Å²) in [5.41, 5.74) is 5.25. The van der Waals surface area contributed by atoms with Crippen LogP contribution in [0.15, 0.2) is 72.8 Å². The van der Waals surface area contributed by atoms with Gasteiger partial charge in [0.15, 0.2) is 0 Å². The van der Waals surface area contributed by atoms with E-state index < -0.39 is 0 Å². The van der Waals surface area contributed by atoms with Crippen molar-refractivity contribution in [3.8, 4) is 5.75 Å². The molecule has 130 valence electrons. The molecule has 0 bridgehead atoms. The summed E-state index contributed by atoms with van der Waals surface area (Å²) in [6.45, 7) is 1.82. The summed E-state index contributed by atoms with van der Waals surface area (Å²) in [6, 6.07) is 23.6. The number of ether oxygens (including phenoxy) is 1. The molecule has 0 aromatic heterocycles. The summed E-state index contributed by atoms with van der Waals surface area (Å²) in [7, 11) is 1.62.